The molecule has 1 amide bonds. The number of hydrogen-bond acceptors (Lipinski definition) is 2. The molecule has 1 heterocycles. The Morgan fingerprint density at radius 1 is 1.41 bits per heavy atom. The monoisotopic (exact) mass is 233 g/mol. The van der Waals surface area contributed by atoms with E-state index < -0.39 is 0 Å². The second-order valence-corrected chi connectivity index (χ2v) is 3.76. The van der Waals surface area contributed by atoms with E-state index in [1.54, 1.807) is 19.1 Å². The molecule has 88 valence electrons. The van der Waals surface area contributed by atoms with Crippen LogP contribution in [-0.2, 0) is 0 Å². The fourth-order valence-electron chi connectivity index (χ4n) is 1.41. The number of carbonyl (C=O) groups excluding carboxylic acids is 1. The molecule has 0 bridgehead atoms. The fraction of sp³-hybridized carbons (Fsp3) is 0.0833. The van der Waals surface area contributed by atoms with Gasteiger partial charge in [-0.15, -0.1) is 0 Å². The summed E-state index contributed by atoms with van der Waals surface area (Å²) in [5, 5.41) is 2.57. The van der Waals surface area contributed by atoms with Crippen LogP contribution in [-0.4, -0.2) is 10.9 Å². The quantitative estimate of drug-likeness (QED) is 0.744. The zero-order valence-electron chi connectivity index (χ0n) is 9.25. The van der Waals surface area contributed by atoms with Crippen LogP contribution in [0.5, 0.6) is 0 Å². The number of hydrogen-bond donors (Lipinski definition) is 3. The third kappa shape index (κ3) is 2.44. The van der Waals surface area contributed by atoms with Crippen LogP contribution >= 0.6 is 0 Å². The first-order valence-electron chi connectivity index (χ1n) is 5.07. The van der Waals surface area contributed by atoms with Crippen LogP contribution in [0.3, 0.4) is 0 Å². The van der Waals surface area contributed by atoms with Crippen molar-refractivity contribution in [2.45, 2.75) is 6.92 Å². The lowest BCUT2D eigenvalue weighted by Gasteiger charge is -2.04. The molecule has 0 unspecified atom stereocenters. The molecule has 0 saturated carbocycles. The molecule has 5 heteroatoms. The van der Waals surface area contributed by atoms with Crippen molar-refractivity contribution in [1.82, 2.24) is 4.98 Å². The van der Waals surface area contributed by atoms with E-state index in [0.717, 1.165) is 0 Å². The van der Waals surface area contributed by atoms with Gasteiger partial charge in [0, 0.05) is 17.6 Å². The Morgan fingerprint density at radius 3 is 2.76 bits per heavy atom. The van der Waals surface area contributed by atoms with Gasteiger partial charge in [-0.25, -0.2) is 4.39 Å². The maximum Gasteiger partial charge on any atom is 0.272 e. The Balaban J connectivity index is 2.15. The van der Waals surface area contributed by atoms with E-state index in [1.165, 1.54) is 18.3 Å². The number of nitrogens with one attached hydrogen (secondary N) is 2. The average Bonchev–Trinajstić information content (AvgIpc) is 2.70. The molecule has 0 saturated heterocycles. The van der Waals surface area contributed by atoms with E-state index in [1.807, 2.05) is 0 Å². The predicted molar refractivity (Wildman–Crippen MR) is 64.3 cm³/mol. The number of aryl methyl sites for hydroxylation is 1. The number of rotatable bonds is 2. The molecule has 0 atom stereocenters. The third-order valence-electron chi connectivity index (χ3n) is 2.38. The van der Waals surface area contributed by atoms with Gasteiger partial charge in [-0.1, -0.05) is 6.07 Å². The predicted octanol–water partition coefficient (Wildman–Crippen LogP) is 2.30. The molecular weight excluding hydrogens is 221 g/mol. The summed E-state index contributed by atoms with van der Waals surface area (Å²) < 4.78 is 13.3. The Bertz CT molecular complexity index is 563. The van der Waals surface area contributed by atoms with Crippen LogP contribution in [0.25, 0.3) is 0 Å². The van der Waals surface area contributed by atoms with Crippen LogP contribution in [0.4, 0.5) is 15.8 Å². The minimum atomic E-state index is -0.357. The molecule has 0 fully saturated rings. The Morgan fingerprint density at radius 2 is 2.18 bits per heavy atom. The van der Waals surface area contributed by atoms with Gasteiger partial charge >= 0.3 is 0 Å². The van der Waals surface area contributed by atoms with Crippen molar-refractivity contribution in [3.8, 4) is 0 Å². The molecular formula is C12H12FN3O. The maximum absolute atomic E-state index is 13.3. The van der Waals surface area contributed by atoms with Gasteiger partial charge in [0.05, 0.1) is 0 Å². The summed E-state index contributed by atoms with van der Waals surface area (Å²) in [6, 6.07) is 6.04. The summed E-state index contributed by atoms with van der Waals surface area (Å²) in [6.07, 6.45) is 1.52. The van der Waals surface area contributed by atoms with E-state index in [0.29, 0.717) is 22.6 Å². The number of benzene rings is 1. The fourth-order valence-corrected chi connectivity index (χ4v) is 1.41. The molecule has 1 aromatic carbocycles. The minimum Gasteiger partial charge on any atom is -0.397 e. The Hall–Kier alpha value is -2.30. The van der Waals surface area contributed by atoms with Gasteiger partial charge in [0.2, 0.25) is 0 Å². The van der Waals surface area contributed by atoms with Crippen LogP contribution in [0.15, 0.2) is 30.5 Å². The van der Waals surface area contributed by atoms with Crippen LogP contribution in [0, 0.1) is 12.7 Å². The molecule has 17 heavy (non-hydrogen) atoms. The average molecular weight is 233 g/mol. The second kappa shape index (κ2) is 4.29. The van der Waals surface area contributed by atoms with Crippen molar-refractivity contribution < 1.29 is 9.18 Å². The van der Waals surface area contributed by atoms with Gasteiger partial charge in [-0.05, 0) is 30.7 Å². The van der Waals surface area contributed by atoms with Gasteiger partial charge in [0.25, 0.3) is 5.91 Å². The van der Waals surface area contributed by atoms with Crippen molar-refractivity contribution in [3.63, 3.8) is 0 Å². The van der Waals surface area contributed by atoms with E-state index >= 15 is 0 Å². The molecule has 2 aromatic rings. The number of halogens is 1. The molecule has 4 N–H and O–H groups in total. The molecule has 0 radical (unpaired) electrons. The number of nitrogens with two attached hydrogens (primary N) is 1. The lowest BCUT2D eigenvalue weighted by atomic mass is 10.2. The van der Waals surface area contributed by atoms with Crippen molar-refractivity contribution in [3.05, 3.63) is 47.5 Å². The largest absolute Gasteiger partial charge is 0.397 e. The van der Waals surface area contributed by atoms with E-state index in [4.69, 9.17) is 5.73 Å². The van der Waals surface area contributed by atoms with Crippen LogP contribution in [0.1, 0.15) is 16.1 Å². The number of nitrogen functional groups attached to an aromatic ring is 1. The first kappa shape index (κ1) is 11.2. The van der Waals surface area contributed by atoms with E-state index in [9.17, 15) is 9.18 Å². The SMILES string of the molecule is Cc1ccc(NC(=O)c2cc(N)c[nH]2)cc1F. The molecule has 0 aliphatic carbocycles. The highest BCUT2D eigenvalue weighted by atomic mass is 19.1. The summed E-state index contributed by atoms with van der Waals surface area (Å²) in [5.74, 6) is -0.709. The molecule has 1 aromatic heterocycles. The van der Waals surface area contributed by atoms with E-state index in [-0.39, 0.29) is 11.7 Å². The lowest BCUT2D eigenvalue weighted by molar-refractivity contribution is 0.102. The van der Waals surface area contributed by atoms with Crippen molar-refractivity contribution in [1.29, 1.82) is 0 Å². The van der Waals surface area contributed by atoms with E-state index in [2.05, 4.69) is 10.3 Å². The highest BCUT2D eigenvalue weighted by Crippen LogP contribution is 2.15. The molecule has 0 aliphatic rings. The smallest absolute Gasteiger partial charge is 0.272 e. The van der Waals surface area contributed by atoms with Gasteiger partial charge in [-0.3, -0.25) is 4.79 Å². The molecule has 0 aliphatic heterocycles. The maximum atomic E-state index is 13.3. The topological polar surface area (TPSA) is 70.9 Å². The number of H-pyrrole nitrogens is 1. The molecule has 0 spiro atoms. The zero-order chi connectivity index (χ0) is 12.4. The molecule has 2 rings (SSSR count). The van der Waals surface area contributed by atoms with Crippen molar-refractivity contribution in [2.24, 2.45) is 0 Å². The van der Waals surface area contributed by atoms with Crippen molar-refractivity contribution in [2.75, 3.05) is 11.1 Å². The minimum absolute atomic E-state index is 0.337. The Kier molecular flexibility index (Phi) is 2.82. The van der Waals surface area contributed by atoms with Gasteiger partial charge in [0.15, 0.2) is 0 Å². The summed E-state index contributed by atoms with van der Waals surface area (Å²) in [5.41, 5.74) is 7.24. The van der Waals surface area contributed by atoms with Gasteiger partial charge in [0.1, 0.15) is 11.5 Å². The highest BCUT2D eigenvalue weighted by Gasteiger charge is 2.08. The number of aromatic nitrogens is 1. The Labute approximate surface area is 97.6 Å². The molecule has 4 nitrogen and oxygen atoms in total. The van der Waals surface area contributed by atoms with Gasteiger partial charge in [-0.2, -0.15) is 0 Å². The number of aromatic amines is 1. The zero-order valence-corrected chi connectivity index (χ0v) is 9.25. The highest BCUT2D eigenvalue weighted by molar-refractivity contribution is 6.03. The second-order valence-electron chi connectivity index (χ2n) is 3.76. The van der Waals surface area contributed by atoms with Gasteiger partial charge < -0.3 is 16.0 Å². The summed E-state index contributed by atoms with van der Waals surface area (Å²) >= 11 is 0. The van der Waals surface area contributed by atoms with Crippen LogP contribution in [0.2, 0.25) is 0 Å². The number of carbonyl (C=O) groups is 1. The lowest BCUT2D eigenvalue weighted by Crippen LogP contribution is -2.12. The number of amides is 1. The standard InChI is InChI=1S/C12H12FN3O/c1-7-2-3-9(5-10(7)13)16-12(17)11-4-8(14)6-15-11/h2-6,15H,14H2,1H3,(H,16,17). The number of anilines is 2. The first-order chi connectivity index (χ1) is 8.06. The normalized spacial score (nSPS) is 10.2. The first-order valence-corrected chi connectivity index (χ1v) is 5.07. The summed E-state index contributed by atoms with van der Waals surface area (Å²) in [6.45, 7) is 1.66. The summed E-state index contributed by atoms with van der Waals surface area (Å²) in [7, 11) is 0. The van der Waals surface area contributed by atoms with Crippen LogP contribution < -0.4 is 11.1 Å². The third-order valence-corrected chi connectivity index (χ3v) is 2.38. The van der Waals surface area contributed by atoms with Crippen molar-refractivity contribution >= 4 is 17.3 Å². The summed E-state index contributed by atoms with van der Waals surface area (Å²) in [4.78, 5) is 14.4.